The topological polar surface area (TPSA) is 59.1 Å². The van der Waals surface area contributed by atoms with Crippen LogP contribution in [0.5, 0.6) is 0 Å². The van der Waals surface area contributed by atoms with Gasteiger partial charge in [-0.2, -0.15) is 0 Å². The first kappa shape index (κ1) is 15.5. The minimum atomic E-state index is -0.744. The lowest BCUT2D eigenvalue weighted by molar-refractivity contribution is -0.150. The van der Waals surface area contributed by atoms with Gasteiger partial charge in [0.2, 0.25) is 0 Å². The van der Waals surface area contributed by atoms with E-state index in [1.165, 1.54) is 5.06 Å². The minimum Gasteiger partial charge on any atom is -0.427 e. The molecule has 1 saturated heterocycles. The Bertz CT molecular complexity index is 383. The average Bonchev–Trinajstić information content (AvgIpc) is 2.19. The highest BCUT2D eigenvalue weighted by atomic mass is 16.8. The van der Waals surface area contributed by atoms with E-state index in [0.29, 0.717) is 18.5 Å². The van der Waals surface area contributed by atoms with Crippen LogP contribution in [-0.2, 0) is 14.4 Å². The van der Waals surface area contributed by atoms with Crippen LogP contribution in [0.25, 0.3) is 0 Å². The van der Waals surface area contributed by atoms with Crippen molar-refractivity contribution in [1.82, 2.24) is 9.96 Å². The second-order valence-corrected chi connectivity index (χ2v) is 5.71. The third-order valence-corrected chi connectivity index (χ3v) is 2.30. The molecule has 6 nitrogen and oxygen atoms in total. The van der Waals surface area contributed by atoms with Gasteiger partial charge in [-0.15, -0.1) is 5.06 Å². The van der Waals surface area contributed by atoms with Crippen LogP contribution in [0.3, 0.4) is 0 Å². The maximum absolute atomic E-state index is 11.7. The van der Waals surface area contributed by atoms with E-state index in [1.54, 1.807) is 31.9 Å². The van der Waals surface area contributed by atoms with Crippen LogP contribution < -0.4 is 0 Å². The molecule has 19 heavy (non-hydrogen) atoms. The Labute approximate surface area is 113 Å². The molecule has 1 fully saturated rings. The highest BCUT2D eigenvalue weighted by molar-refractivity contribution is 5.96. The molecule has 0 amide bonds. The number of hydroxylamine groups is 2. The van der Waals surface area contributed by atoms with Crippen molar-refractivity contribution in [2.45, 2.75) is 32.8 Å². The number of nitrogens with zero attached hydrogens (tertiary/aromatic N) is 2. The number of piperidine rings is 1. The van der Waals surface area contributed by atoms with Gasteiger partial charge in [-0.3, -0.25) is 4.79 Å². The largest absolute Gasteiger partial charge is 0.528 e. The highest BCUT2D eigenvalue weighted by Gasteiger charge is 2.26. The molecule has 0 saturated carbocycles. The van der Waals surface area contributed by atoms with Crippen molar-refractivity contribution in [3.8, 4) is 0 Å². The molecule has 1 rings (SSSR count). The summed E-state index contributed by atoms with van der Waals surface area (Å²) in [6.45, 7) is 5.99. The van der Waals surface area contributed by atoms with Crippen molar-refractivity contribution in [3.05, 3.63) is 11.8 Å². The van der Waals surface area contributed by atoms with Crippen molar-refractivity contribution < 1.29 is 19.2 Å². The van der Waals surface area contributed by atoms with Crippen LogP contribution in [0, 0.1) is 0 Å². The number of ketones is 1. The lowest BCUT2D eigenvalue weighted by atomic mass is 10.1. The smallest absolute Gasteiger partial charge is 0.427 e. The molecule has 1 aliphatic rings. The average molecular weight is 270 g/mol. The van der Waals surface area contributed by atoms with E-state index in [1.807, 2.05) is 14.1 Å². The zero-order valence-corrected chi connectivity index (χ0v) is 12.2. The molecular formula is C13H22N2O4. The van der Waals surface area contributed by atoms with E-state index in [0.717, 1.165) is 0 Å². The summed E-state index contributed by atoms with van der Waals surface area (Å²) in [5.74, 6) is 0.0812. The number of carbonyl (C=O) groups is 2. The van der Waals surface area contributed by atoms with Crippen LogP contribution in [0.4, 0.5) is 4.79 Å². The molecule has 1 heterocycles. The molecule has 0 unspecified atom stereocenters. The number of hydrogen-bond donors (Lipinski definition) is 0. The normalized spacial score (nSPS) is 19.4. The van der Waals surface area contributed by atoms with Crippen LogP contribution in [0.1, 0.15) is 27.2 Å². The van der Waals surface area contributed by atoms with E-state index in [9.17, 15) is 9.59 Å². The number of hydrogen-bond acceptors (Lipinski definition) is 6. The molecule has 1 aliphatic heterocycles. The Hall–Kier alpha value is -1.56. The molecule has 0 N–H and O–H groups in total. The lowest BCUT2D eigenvalue weighted by Gasteiger charge is -2.28. The van der Waals surface area contributed by atoms with E-state index in [2.05, 4.69) is 0 Å². The Kier molecular flexibility index (Phi) is 4.94. The third-order valence-electron chi connectivity index (χ3n) is 2.30. The van der Waals surface area contributed by atoms with Crippen LogP contribution in [0.2, 0.25) is 0 Å². The monoisotopic (exact) mass is 270 g/mol. The van der Waals surface area contributed by atoms with Gasteiger partial charge in [-0.25, -0.2) is 4.79 Å². The summed E-state index contributed by atoms with van der Waals surface area (Å²) in [5, 5.41) is 1.45. The number of rotatable bonds is 2. The van der Waals surface area contributed by atoms with Gasteiger partial charge in [0.05, 0.1) is 6.54 Å². The SMILES string of the molecule is CN(C)C=C1CN(OC(=O)OC(C)(C)C)CCC1=O. The van der Waals surface area contributed by atoms with E-state index in [4.69, 9.17) is 9.57 Å². The van der Waals surface area contributed by atoms with E-state index in [-0.39, 0.29) is 12.3 Å². The Balaban J connectivity index is 2.57. The molecular weight excluding hydrogens is 248 g/mol. The predicted octanol–water partition coefficient (Wildman–Crippen LogP) is 1.57. The van der Waals surface area contributed by atoms with Gasteiger partial charge in [-0.05, 0) is 20.8 Å². The van der Waals surface area contributed by atoms with Crippen molar-refractivity contribution in [2.24, 2.45) is 0 Å². The van der Waals surface area contributed by atoms with Gasteiger partial charge in [0.25, 0.3) is 0 Å². The minimum absolute atomic E-state index is 0.0812. The quantitative estimate of drug-likeness (QED) is 0.561. The standard InChI is InChI=1S/C13H22N2O4/c1-13(2,3)18-12(17)19-15-7-6-11(16)10(9-15)8-14(4)5/h8H,6-7,9H2,1-5H3. The van der Waals surface area contributed by atoms with Crippen LogP contribution in [0.15, 0.2) is 11.8 Å². The van der Waals surface area contributed by atoms with Crippen molar-refractivity contribution in [3.63, 3.8) is 0 Å². The molecule has 0 atom stereocenters. The fourth-order valence-electron chi connectivity index (χ4n) is 1.62. The summed E-state index contributed by atoms with van der Waals surface area (Å²) < 4.78 is 5.07. The fourth-order valence-corrected chi connectivity index (χ4v) is 1.62. The lowest BCUT2D eigenvalue weighted by Crippen LogP contribution is -2.39. The summed E-state index contributed by atoms with van der Waals surface area (Å²) in [7, 11) is 3.68. The van der Waals surface area contributed by atoms with Crippen molar-refractivity contribution in [2.75, 3.05) is 27.2 Å². The van der Waals surface area contributed by atoms with E-state index >= 15 is 0 Å². The van der Waals surface area contributed by atoms with Crippen LogP contribution in [-0.4, -0.2) is 54.7 Å². The molecule has 0 aromatic heterocycles. The van der Waals surface area contributed by atoms with Crippen molar-refractivity contribution in [1.29, 1.82) is 0 Å². The first-order valence-corrected chi connectivity index (χ1v) is 6.23. The zero-order chi connectivity index (χ0) is 14.6. The zero-order valence-electron chi connectivity index (χ0n) is 12.2. The maximum atomic E-state index is 11.7. The Morgan fingerprint density at radius 2 is 2.00 bits per heavy atom. The van der Waals surface area contributed by atoms with Gasteiger partial charge >= 0.3 is 6.16 Å². The molecule has 108 valence electrons. The summed E-state index contributed by atoms with van der Waals surface area (Å²) in [6, 6.07) is 0. The number of Topliss-reactive ketones (excluding diaryl/α,β-unsaturated/α-hetero) is 1. The Morgan fingerprint density at radius 3 is 2.53 bits per heavy atom. The third kappa shape index (κ3) is 5.74. The fraction of sp³-hybridized carbons (Fsp3) is 0.692. The second kappa shape index (κ2) is 6.06. The first-order valence-electron chi connectivity index (χ1n) is 6.23. The summed E-state index contributed by atoms with van der Waals surface area (Å²) >= 11 is 0. The molecule has 0 radical (unpaired) electrons. The van der Waals surface area contributed by atoms with E-state index < -0.39 is 11.8 Å². The number of carbonyl (C=O) groups excluding carboxylic acids is 2. The van der Waals surface area contributed by atoms with Gasteiger partial charge < -0.3 is 14.5 Å². The molecule has 0 bridgehead atoms. The molecule has 6 heteroatoms. The molecule has 0 aromatic rings. The van der Waals surface area contributed by atoms with Crippen LogP contribution >= 0.6 is 0 Å². The maximum Gasteiger partial charge on any atom is 0.528 e. The molecule has 0 spiro atoms. The first-order chi connectivity index (χ1) is 8.67. The summed E-state index contributed by atoms with van der Waals surface area (Å²) in [6.07, 6.45) is 1.33. The summed E-state index contributed by atoms with van der Waals surface area (Å²) in [5.41, 5.74) is 0.0326. The number of ether oxygens (including phenoxy) is 1. The Morgan fingerprint density at radius 1 is 1.37 bits per heavy atom. The highest BCUT2D eigenvalue weighted by Crippen LogP contribution is 2.15. The van der Waals surface area contributed by atoms with Gasteiger partial charge in [0, 0.05) is 38.8 Å². The van der Waals surface area contributed by atoms with Gasteiger partial charge in [0.1, 0.15) is 5.60 Å². The predicted molar refractivity (Wildman–Crippen MR) is 70.3 cm³/mol. The molecule has 0 aliphatic carbocycles. The summed E-state index contributed by atoms with van der Waals surface area (Å²) in [4.78, 5) is 30.1. The van der Waals surface area contributed by atoms with Gasteiger partial charge in [-0.1, -0.05) is 0 Å². The second-order valence-electron chi connectivity index (χ2n) is 5.71. The van der Waals surface area contributed by atoms with Gasteiger partial charge in [0.15, 0.2) is 5.78 Å². The van der Waals surface area contributed by atoms with Crippen molar-refractivity contribution >= 4 is 11.9 Å². The molecule has 0 aromatic carbocycles.